The number of benzene rings is 2. The van der Waals surface area contributed by atoms with Crippen LogP contribution in [0.25, 0.3) is 10.8 Å². The van der Waals surface area contributed by atoms with Crippen molar-refractivity contribution >= 4 is 38.8 Å². The molecule has 6 heteroatoms. The van der Waals surface area contributed by atoms with Crippen molar-refractivity contribution in [3.63, 3.8) is 0 Å². The van der Waals surface area contributed by atoms with Crippen LogP contribution in [0.5, 0.6) is 5.75 Å². The zero-order chi connectivity index (χ0) is 18.5. The first-order valence-electron chi connectivity index (χ1n) is 8.31. The highest BCUT2D eigenvalue weighted by atomic mass is 79.9. The lowest BCUT2D eigenvalue weighted by molar-refractivity contribution is -0.128. The topological polar surface area (TPSA) is 63.8 Å². The molecule has 26 heavy (non-hydrogen) atoms. The zero-order valence-corrected chi connectivity index (χ0v) is 16.1. The zero-order valence-electron chi connectivity index (χ0n) is 14.5. The van der Waals surface area contributed by atoms with Crippen LogP contribution in [-0.4, -0.2) is 18.2 Å². The van der Waals surface area contributed by atoms with E-state index in [0.29, 0.717) is 17.9 Å². The molecule has 3 aromatic rings. The highest BCUT2D eigenvalue weighted by molar-refractivity contribution is 9.10. The van der Waals surface area contributed by atoms with Crippen molar-refractivity contribution in [3.8, 4) is 5.75 Å². The Balaban J connectivity index is 1.69. The van der Waals surface area contributed by atoms with Crippen molar-refractivity contribution in [3.05, 3.63) is 64.5 Å². The molecule has 0 fully saturated rings. The van der Waals surface area contributed by atoms with Gasteiger partial charge in [0.05, 0.1) is 10.7 Å². The maximum absolute atomic E-state index is 12.4. The molecule has 1 atom stereocenters. The van der Waals surface area contributed by atoms with Crippen LogP contribution >= 0.6 is 15.9 Å². The molecule has 0 radical (unpaired) electrons. The van der Waals surface area contributed by atoms with Crippen LogP contribution < -0.4 is 10.2 Å². The lowest BCUT2D eigenvalue weighted by Crippen LogP contribution is -2.35. The molecule has 0 saturated heterocycles. The van der Waals surface area contributed by atoms with Crippen LogP contribution in [-0.2, 0) is 4.79 Å². The lowest BCUT2D eigenvalue weighted by Gasteiger charge is -2.17. The van der Waals surface area contributed by atoms with E-state index in [1.165, 1.54) is 6.21 Å². The highest BCUT2D eigenvalue weighted by Crippen LogP contribution is 2.33. The number of fused-ring (bicyclic) bond motifs is 1. The van der Waals surface area contributed by atoms with Gasteiger partial charge in [0, 0.05) is 0 Å². The van der Waals surface area contributed by atoms with Gasteiger partial charge in [0.15, 0.2) is 6.10 Å². The third-order valence-corrected chi connectivity index (χ3v) is 4.71. The molecule has 5 nitrogen and oxygen atoms in total. The van der Waals surface area contributed by atoms with Crippen LogP contribution in [0, 0.1) is 6.92 Å². The first-order valence-corrected chi connectivity index (χ1v) is 9.11. The number of carbonyl (C=O) groups is 1. The molecule has 134 valence electrons. The number of nitrogens with zero attached hydrogens (tertiary/aromatic N) is 1. The van der Waals surface area contributed by atoms with E-state index in [2.05, 4.69) is 26.5 Å². The molecule has 2 aromatic carbocycles. The number of ether oxygens (including phenoxy) is 1. The molecular weight excluding hydrogens is 396 g/mol. The summed E-state index contributed by atoms with van der Waals surface area (Å²) in [7, 11) is 0. The number of furan rings is 1. The number of aryl methyl sites for hydroxylation is 1. The average Bonchev–Trinajstić information content (AvgIpc) is 3.06. The monoisotopic (exact) mass is 414 g/mol. The molecule has 0 spiro atoms. The summed E-state index contributed by atoms with van der Waals surface area (Å²) in [6.45, 7) is 3.73. The fourth-order valence-corrected chi connectivity index (χ4v) is 3.12. The Morgan fingerprint density at radius 3 is 2.81 bits per heavy atom. The van der Waals surface area contributed by atoms with Crippen LogP contribution in [0.1, 0.15) is 24.9 Å². The molecule has 0 saturated carbocycles. The van der Waals surface area contributed by atoms with Gasteiger partial charge in [0.1, 0.15) is 17.3 Å². The Kier molecular flexibility index (Phi) is 5.73. The molecule has 0 unspecified atom stereocenters. The first-order chi connectivity index (χ1) is 12.6. The summed E-state index contributed by atoms with van der Waals surface area (Å²) in [6.07, 6.45) is 1.33. The highest BCUT2D eigenvalue weighted by Gasteiger charge is 2.19. The summed E-state index contributed by atoms with van der Waals surface area (Å²) in [5.41, 5.74) is 2.50. The molecular formula is C20H19BrN2O3. The van der Waals surface area contributed by atoms with Crippen LogP contribution in [0.4, 0.5) is 0 Å². The van der Waals surface area contributed by atoms with Crippen molar-refractivity contribution in [2.75, 3.05) is 0 Å². The Hall–Kier alpha value is -2.60. The van der Waals surface area contributed by atoms with Gasteiger partial charge in [-0.15, -0.1) is 0 Å². The van der Waals surface area contributed by atoms with Gasteiger partial charge in [-0.1, -0.05) is 37.3 Å². The normalized spacial score (nSPS) is 12.4. The van der Waals surface area contributed by atoms with E-state index in [9.17, 15) is 4.79 Å². The number of nitrogens with one attached hydrogen (secondary N) is 1. The van der Waals surface area contributed by atoms with Gasteiger partial charge < -0.3 is 9.15 Å². The molecule has 1 aromatic heterocycles. The summed E-state index contributed by atoms with van der Waals surface area (Å²) in [5, 5.41) is 6.06. The maximum Gasteiger partial charge on any atom is 0.281 e. The summed E-state index contributed by atoms with van der Waals surface area (Å²) in [6, 6.07) is 15.4. The molecule has 0 aliphatic carbocycles. The van der Waals surface area contributed by atoms with E-state index in [1.807, 2.05) is 56.3 Å². The Bertz CT molecular complexity index is 949. The minimum atomic E-state index is -0.650. The van der Waals surface area contributed by atoms with Crippen LogP contribution in [0.15, 0.2) is 62.5 Å². The SMILES string of the molecule is CC[C@@H](Oc1ccc2ccccc2c1Br)C(=O)N/N=C\c1ccc(C)o1. The smallest absolute Gasteiger partial charge is 0.281 e. The lowest BCUT2D eigenvalue weighted by atomic mass is 10.1. The van der Waals surface area contributed by atoms with Gasteiger partial charge in [0.2, 0.25) is 0 Å². The molecule has 0 aliphatic rings. The maximum atomic E-state index is 12.4. The third kappa shape index (κ3) is 4.14. The van der Waals surface area contributed by atoms with Gasteiger partial charge >= 0.3 is 0 Å². The average molecular weight is 415 g/mol. The van der Waals surface area contributed by atoms with Gasteiger partial charge in [0.25, 0.3) is 5.91 Å². The molecule has 1 heterocycles. The van der Waals surface area contributed by atoms with E-state index in [4.69, 9.17) is 9.15 Å². The Morgan fingerprint density at radius 2 is 2.08 bits per heavy atom. The Labute approximate surface area is 160 Å². The first kappa shape index (κ1) is 18.2. The number of hydrogen-bond acceptors (Lipinski definition) is 4. The minimum absolute atomic E-state index is 0.313. The van der Waals surface area contributed by atoms with Crippen molar-refractivity contribution in [2.45, 2.75) is 26.4 Å². The predicted molar refractivity (Wildman–Crippen MR) is 106 cm³/mol. The van der Waals surface area contributed by atoms with E-state index in [-0.39, 0.29) is 5.91 Å². The van der Waals surface area contributed by atoms with E-state index in [1.54, 1.807) is 6.07 Å². The number of hydrazone groups is 1. The minimum Gasteiger partial charge on any atom is -0.479 e. The summed E-state index contributed by atoms with van der Waals surface area (Å²) < 4.78 is 12.1. The molecule has 3 rings (SSSR count). The summed E-state index contributed by atoms with van der Waals surface area (Å²) in [5.74, 6) is 1.67. The number of rotatable bonds is 6. The molecule has 1 amide bonds. The van der Waals surface area contributed by atoms with Crippen molar-refractivity contribution in [1.29, 1.82) is 0 Å². The van der Waals surface area contributed by atoms with Crippen LogP contribution in [0.3, 0.4) is 0 Å². The fourth-order valence-electron chi connectivity index (χ4n) is 2.53. The second kappa shape index (κ2) is 8.19. The molecule has 1 N–H and O–H groups in total. The summed E-state index contributed by atoms with van der Waals surface area (Å²) >= 11 is 3.58. The van der Waals surface area contributed by atoms with E-state index < -0.39 is 6.10 Å². The second-order valence-electron chi connectivity index (χ2n) is 5.80. The van der Waals surface area contributed by atoms with E-state index in [0.717, 1.165) is 21.0 Å². The van der Waals surface area contributed by atoms with Gasteiger partial charge in [-0.2, -0.15) is 5.10 Å². The summed E-state index contributed by atoms with van der Waals surface area (Å²) in [4.78, 5) is 12.4. The van der Waals surface area contributed by atoms with Crippen LogP contribution in [0.2, 0.25) is 0 Å². The van der Waals surface area contributed by atoms with Gasteiger partial charge in [-0.3, -0.25) is 4.79 Å². The van der Waals surface area contributed by atoms with Gasteiger partial charge in [-0.05, 0) is 58.2 Å². The number of hydrogen-bond donors (Lipinski definition) is 1. The standard InChI is InChI=1S/C20H19BrN2O3/c1-3-17(20(24)23-22-12-15-10-8-13(2)25-15)26-18-11-9-14-6-4-5-7-16(14)19(18)21/h4-12,17H,3H2,1-2H3,(H,23,24)/b22-12-/t17-/m1/s1. The molecule has 0 aliphatic heterocycles. The fraction of sp³-hybridized carbons (Fsp3) is 0.200. The number of halogens is 1. The second-order valence-corrected chi connectivity index (χ2v) is 6.59. The molecule has 0 bridgehead atoms. The number of amides is 1. The van der Waals surface area contributed by atoms with Crippen molar-refractivity contribution in [2.24, 2.45) is 5.10 Å². The Morgan fingerprint density at radius 1 is 1.27 bits per heavy atom. The van der Waals surface area contributed by atoms with Crippen molar-refractivity contribution in [1.82, 2.24) is 5.43 Å². The predicted octanol–water partition coefficient (Wildman–Crippen LogP) is 4.81. The van der Waals surface area contributed by atoms with E-state index >= 15 is 0 Å². The quantitative estimate of drug-likeness (QED) is 0.464. The largest absolute Gasteiger partial charge is 0.479 e. The third-order valence-electron chi connectivity index (χ3n) is 3.89. The number of carbonyl (C=O) groups excluding carboxylic acids is 1. The van der Waals surface area contributed by atoms with Crippen molar-refractivity contribution < 1.29 is 13.9 Å². The van der Waals surface area contributed by atoms with Gasteiger partial charge in [-0.25, -0.2) is 5.43 Å².